The predicted molar refractivity (Wildman–Crippen MR) is 160 cm³/mol. The molecule has 0 spiro atoms. The highest BCUT2D eigenvalue weighted by Gasteiger charge is 2.19. The maximum atomic E-state index is 13.2. The van der Waals surface area contributed by atoms with Crippen molar-refractivity contribution in [1.29, 1.82) is 5.41 Å². The van der Waals surface area contributed by atoms with Gasteiger partial charge in [-0.15, -0.1) is 0 Å². The van der Waals surface area contributed by atoms with E-state index in [-0.39, 0.29) is 17.3 Å². The highest BCUT2D eigenvalue weighted by Crippen LogP contribution is 2.33. The van der Waals surface area contributed by atoms with E-state index >= 15 is 0 Å². The molecule has 3 aromatic carbocycles. The first-order chi connectivity index (χ1) is 19.7. The molecule has 5 rings (SSSR count). The van der Waals surface area contributed by atoms with Crippen LogP contribution in [0.4, 0.5) is 0 Å². The van der Waals surface area contributed by atoms with Crippen LogP contribution in [0.15, 0.2) is 85.3 Å². The summed E-state index contributed by atoms with van der Waals surface area (Å²) in [6.45, 7) is 5.00. The number of nitrogens with one attached hydrogen (secondary N) is 2. The van der Waals surface area contributed by atoms with Gasteiger partial charge in [0.1, 0.15) is 5.84 Å². The number of aromatic nitrogens is 2. The molecule has 0 fully saturated rings. The molecule has 0 aliphatic heterocycles. The number of fused-ring (bicyclic) bond motifs is 1. The van der Waals surface area contributed by atoms with E-state index < -0.39 is 5.97 Å². The molecule has 5 N–H and O–H groups in total. The van der Waals surface area contributed by atoms with Gasteiger partial charge < -0.3 is 20.7 Å². The smallest absolute Gasteiger partial charge is 0.336 e. The van der Waals surface area contributed by atoms with E-state index in [1.165, 1.54) is 0 Å². The highest BCUT2D eigenvalue weighted by molar-refractivity contribution is 6.01. The maximum Gasteiger partial charge on any atom is 0.336 e. The first-order valence-corrected chi connectivity index (χ1v) is 13.4. The van der Waals surface area contributed by atoms with Gasteiger partial charge >= 0.3 is 5.97 Å². The maximum absolute atomic E-state index is 13.2. The number of carbonyl (C=O) groups is 2. The molecular formula is C33H31N5O3. The Morgan fingerprint density at radius 1 is 0.951 bits per heavy atom. The number of rotatable bonds is 9. The van der Waals surface area contributed by atoms with Crippen LogP contribution in [0.1, 0.15) is 55.5 Å². The van der Waals surface area contributed by atoms with Crippen molar-refractivity contribution in [3.8, 4) is 11.1 Å². The number of hydrogen-bond acceptors (Lipinski definition) is 4. The Balaban J connectivity index is 1.59. The number of nitrogens with two attached hydrogens (primary N) is 1. The Morgan fingerprint density at radius 3 is 2.41 bits per heavy atom. The van der Waals surface area contributed by atoms with E-state index in [1.54, 1.807) is 30.6 Å². The number of pyridine rings is 1. The number of nitrogens with zero attached hydrogens (tertiary/aromatic N) is 2. The normalized spacial score (nSPS) is 11.0. The molecule has 0 unspecified atom stereocenters. The van der Waals surface area contributed by atoms with Crippen molar-refractivity contribution in [2.75, 3.05) is 0 Å². The van der Waals surface area contributed by atoms with Crippen LogP contribution in [-0.2, 0) is 19.5 Å². The Hall–Kier alpha value is -5.24. The monoisotopic (exact) mass is 545 g/mol. The minimum atomic E-state index is -1.03. The molecule has 8 heteroatoms. The Labute approximate surface area is 238 Å². The van der Waals surface area contributed by atoms with Crippen LogP contribution in [0.3, 0.4) is 0 Å². The van der Waals surface area contributed by atoms with Gasteiger partial charge in [-0.05, 0) is 78.1 Å². The van der Waals surface area contributed by atoms with Gasteiger partial charge in [0, 0.05) is 60.1 Å². The third-order valence-electron chi connectivity index (χ3n) is 7.27. The lowest BCUT2D eigenvalue weighted by atomic mass is 9.89. The fraction of sp³-hybridized carbons (Fsp3) is 0.152. The van der Waals surface area contributed by atoms with Gasteiger partial charge in [-0.3, -0.25) is 15.2 Å². The summed E-state index contributed by atoms with van der Waals surface area (Å²) in [6, 6.07) is 20.2. The molecule has 0 aliphatic rings. The van der Waals surface area contributed by atoms with E-state index in [9.17, 15) is 14.7 Å². The van der Waals surface area contributed by atoms with Crippen LogP contribution in [0.5, 0.6) is 0 Å². The van der Waals surface area contributed by atoms with Gasteiger partial charge in [0.2, 0.25) is 0 Å². The number of aromatic carboxylic acids is 1. The lowest BCUT2D eigenvalue weighted by Gasteiger charge is -2.15. The number of carboxylic acid groups (broad SMARTS) is 1. The molecule has 2 heterocycles. The first-order valence-electron chi connectivity index (χ1n) is 13.4. The Morgan fingerprint density at radius 2 is 1.71 bits per heavy atom. The van der Waals surface area contributed by atoms with Crippen molar-refractivity contribution in [3.63, 3.8) is 0 Å². The fourth-order valence-corrected chi connectivity index (χ4v) is 5.12. The molecule has 0 atom stereocenters. The van der Waals surface area contributed by atoms with Gasteiger partial charge in [-0.1, -0.05) is 35.9 Å². The Kier molecular flexibility index (Phi) is 7.65. The van der Waals surface area contributed by atoms with Crippen LogP contribution in [0.2, 0.25) is 0 Å². The predicted octanol–water partition coefficient (Wildman–Crippen LogP) is 5.53. The minimum absolute atomic E-state index is 0.0120. The molecule has 206 valence electrons. The summed E-state index contributed by atoms with van der Waals surface area (Å²) < 4.78 is 2.12. The number of carbonyl (C=O) groups excluding carboxylic acids is 1. The van der Waals surface area contributed by atoms with Crippen molar-refractivity contribution in [1.82, 2.24) is 14.9 Å². The molecule has 41 heavy (non-hydrogen) atoms. The molecule has 0 radical (unpaired) electrons. The van der Waals surface area contributed by atoms with Crippen LogP contribution < -0.4 is 11.1 Å². The van der Waals surface area contributed by atoms with Crippen molar-refractivity contribution in [2.45, 2.75) is 33.4 Å². The van der Waals surface area contributed by atoms with E-state index in [1.807, 2.05) is 55.5 Å². The van der Waals surface area contributed by atoms with Crippen LogP contribution >= 0.6 is 0 Å². The van der Waals surface area contributed by atoms with Crippen molar-refractivity contribution < 1.29 is 14.7 Å². The first kappa shape index (κ1) is 27.3. The van der Waals surface area contributed by atoms with E-state index in [4.69, 9.17) is 11.1 Å². The highest BCUT2D eigenvalue weighted by atomic mass is 16.4. The second kappa shape index (κ2) is 11.5. The molecule has 8 nitrogen and oxygen atoms in total. The minimum Gasteiger partial charge on any atom is -0.478 e. The molecule has 2 aromatic heterocycles. The number of nitrogen functional groups attached to an aromatic ring is 1. The van der Waals surface area contributed by atoms with Gasteiger partial charge in [-0.2, -0.15) is 0 Å². The Bertz CT molecular complexity index is 1790. The lowest BCUT2D eigenvalue weighted by Crippen LogP contribution is -2.23. The molecule has 0 saturated heterocycles. The quantitative estimate of drug-likeness (QED) is 0.143. The second-order valence-electron chi connectivity index (χ2n) is 10.0. The van der Waals surface area contributed by atoms with E-state index in [2.05, 4.69) is 28.0 Å². The molecule has 0 aliphatic carbocycles. The number of aryl methyl sites for hydroxylation is 2. The molecule has 0 bridgehead atoms. The summed E-state index contributed by atoms with van der Waals surface area (Å²) in [4.78, 5) is 29.5. The van der Waals surface area contributed by atoms with E-state index in [0.29, 0.717) is 35.2 Å². The average molecular weight is 546 g/mol. The third kappa shape index (κ3) is 5.72. The zero-order chi connectivity index (χ0) is 29.1. The van der Waals surface area contributed by atoms with Crippen LogP contribution in [0.25, 0.3) is 22.0 Å². The second-order valence-corrected chi connectivity index (χ2v) is 10.0. The largest absolute Gasteiger partial charge is 0.478 e. The number of hydrogen-bond donors (Lipinski definition) is 4. The van der Waals surface area contributed by atoms with Crippen LogP contribution in [-0.4, -0.2) is 32.4 Å². The summed E-state index contributed by atoms with van der Waals surface area (Å²) >= 11 is 0. The fourth-order valence-electron chi connectivity index (χ4n) is 5.12. The zero-order valence-corrected chi connectivity index (χ0v) is 22.9. The summed E-state index contributed by atoms with van der Waals surface area (Å²) in [5.74, 6) is -1.27. The number of amides is 1. The van der Waals surface area contributed by atoms with Crippen molar-refractivity contribution >= 4 is 28.6 Å². The number of amidine groups is 1. The molecule has 1 amide bonds. The standard InChI is InChI=1S/C33H31N5O3/c1-3-38-19-25(26-9-7-23(31(34)35)17-30(26)38)15-22-5-6-24(32(39)37-18-21-10-12-36-13-11-21)16-28(22)27-8-4-20(2)14-29(27)33(40)41/h4-14,16-17,19H,3,15,18H2,1-2H3,(H3,34,35)(H,37,39)(H,40,41). The van der Waals surface area contributed by atoms with Gasteiger partial charge in [-0.25, -0.2) is 4.79 Å². The molecule has 0 saturated carbocycles. The molecule has 5 aromatic rings. The molecular weight excluding hydrogens is 514 g/mol. The third-order valence-corrected chi connectivity index (χ3v) is 7.27. The summed E-state index contributed by atoms with van der Waals surface area (Å²) in [7, 11) is 0. The topological polar surface area (TPSA) is 134 Å². The van der Waals surface area contributed by atoms with E-state index in [0.717, 1.165) is 39.7 Å². The SMILES string of the molecule is CCn1cc(Cc2ccc(C(=O)NCc3ccncc3)cc2-c2ccc(C)cc2C(=O)O)c2ccc(C(=N)N)cc21. The van der Waals surface area contributed by atoms with Crippen LogP contribution in [0, 0.1) is 12.3 Å². The van der Waals surface area contributed by atoms with Crippen molar-refractivity contribution in [3.05, 3.63) is 124 Å². The zero-order valence-electron chi connectivity index (χ0n) is 22.9. The lowest BCUT2D eigenvalue weighted by molar-refractivity contribution is 0.0697. The average Bonchev–Trinajstić information content (AvgIpc) is 3.33. The summed E-state index contributed by atoms with van der Waals surface area (Å²) in [5, 5.41) is 21.9. The van der Waals surface area contributed by atoms with Gasteiger partial charge in [0.15, 0.2) is 0 Å². The number of benzene rings is 3. The number of carboxylic acids is 1. The van der Waals surface area contributed by atoms with Gasteiger partial charge in [0.25, 0.3) is 5.91 Å². The summed E-state index contributed by atoms with van der Waals surface area (Å²) in [5.41, 5.74) is 13.0. The summed E-state index contributed by atoms with van der Waals surface area (Å²) in [6.07, 6.45) is 5.95. The van der Waals surface area contributed by atoms with Crippen molar-refractivity contribution in [2.24, 2.45) is 5.73 Å². The van der Waals surface area contributed by atoms with Gasteiger partial charge in [0.05, 0.1) is 5.56 Å².